The van der Waals surface area contributed by atoms with E-state index in [1.807, 2.05) is 51.1 Å². The van der Waals surface area contributed by atoms with Crippen LogP contribution in [0.15, 0.2) is 54.7 Å². The van der Waals surface area contributed by atoms with E-state index in [9.17, 15) is 24.3 Å². The molecule has 4 atom stereocenters. The van der Waals surface area contributed by atoms with Crippen LogP contribution in [0.2, 0.25) is 0 Å². The Labute approximate surface area is 262 Å². The van der Waals surface area contributed by atoms with E-state index < -0.39 is 47.9 Å². The molecule has 13 nitrogen and oxygen atoms in total. The van der Waals surface area contributed by atoms with Gasteiger partial charge in [-0.1, -0.05) is 55.5 Å². The van der Waals surface area contributed by atoms with Crippen molar-refractivity contribution in [2.45, 2.75) is 77.9 Å². The lowest BCUT2D eigenvalue weighted by atomic mass is 10.0. The van der Waals surface area contributed by atoms with E-state index in [-0.39, 0.29) is 31.9 Å². The Hall–Kier alpha value is -4.78. The molecule has 1 aromatic heterocycles. The third-order valence-corrected chi connectivity index (χ3v) is 7.37. The standard InChI is InChI=1S/C32H41N7O6/c1-19(2)14-25-31(43)36-28(21(4)40)32(44)35-26(15-22-8-6-5-7-9-22)30(42)33-17-24-18-39(38-37-24)12-13-45-27-16-23(29(41)34-25)11-10-20(27)3/h5-11,16,18-19,21,25-26,28,40H,12-15,17H2,1-4H3,(H,33,42)(H,34,41)(H,35,44)(H,36,43)/t21-,25+,26-,28+/m1/s1. The number of aromatic nitrogens is 3. The molecule has 13 heteroatoms. The van der Waals surface area contributed by atoms with E-state index in [1.54, 1.807) is 29.1 Å². The Morgan fingerprint density at radius 2 is 1.71 bits per heavy atom. The van der Waals surface area contributed by atoms with E-state index in [1.165, 1.54) is 6.92 Å². The fourth-order valence-corrected chi connectivity index (χ4v) is 4.90. The van der Waals surface area contributed by atoms with Crippen molar-refractivity contribution in [3.8, 4) is 5.75 Å². The number of rotatable bonds is 5. The Balaban J connectivity index is 1.65. The number of amides is 4. The monoisotopic (exact) mass is 619 g/mol. The third kappa shape index (κ3) is 9.35. The molecule has 0 fully saturated rings. The van der Waals surface area contributed by atoms with Crippen LogP contribution in [0, 0.1) is 12.8 Å². The van der Waals surface area contributed by atoms with Crippen LogP contribution in [0.25, 0.3) is 0 Å². The summed E-state index contributed by atoms with van der Waals surface area (Å²) in [7, 11) is 0. The highest BCUT2D eigenvalue weighted by atomic mass is 16.5. The van der Waals surface area contributed by atoms with Crippen LogP contribution >= 0.6 is 0 Å². The minimum absolute atomic E-state index is 0.0161. The molecule has 0 aliphatic carbocycles. The highest BCUT2D eigenvalue weighted by Crippen LogP contribution is 2.20. The third-order valence-electron chi connectivity index (χ3n) is 7.37. The van der Waals surface area contributed by atoms with E-state index in [0.29, 0.717) is 23.6 Å². The number of carbonyl (C=O) groups is 4. The SMILES string of the molecule is Cc1ccc2cc1OCCn1cc(nn1)CNC(=O)[C@@H](Cc1ccccc1)NC(=O)[C@H]([C@@H](C)O)NC(=O)[C@H](CC(C)C)NC2=O. The average Bonchev–Trinajstić information content (AvgIpc) is 3.46. The zero-order chi connectivity index (χ0) is 32.5. The van der Waals surface area contributed by atoms with Crippen LogP contribution < -0.4 is 26.0 Å². The second kappa shape index (κ2) is 15.3. The second-order valence-corrected chi connectivity index (χ2v) is 11.7. The Morgan fingerprint density at radius 1 is 0.956 bits per heavy atom. The number of nitrogens with one attached hydrogen (secondary N) is 4. The smallest absolute Gasteiger partial charge is 0.252 e. The topological polar surface area (TPSA) is 177 Å². The Bertz CT molecular complexity index is 1490. The molecule has 0 radical (unpaired) electrons. The first kappa shape index (κ1) is 33.1. The summed E-state index contributed by atoms with van der Waals surface area (Å²) in [5.74, 6) is -1.85. The summed E-state index contributed by atoms with van der Waals surface area (Å²) >= 11 is 0. The number of carbonyl (C=O) groups excluding carboxylic acids is 4. The maximum absolute atomic E-state index is 13.5. The van der Waals surface area contributed by atoms with Crippen LogP contribution in [0.3, 0.4) is 0 Å². The van der Waals surface area contributed by atoms with Crippen molar-refractivity contribution in [1.82, 2.24) is 36.3 Å². The highest BCUT2D eigenvalue weighted by molar-refractivity contribution is 5.99. The van der Waals surface area contributed by atoms with E-state index >= 15 is 0 Å². The van der Waals surface area contributed by atoms with Crippen LogP contribution in [0.5, 0.6) is 5.75 Å². The summed E-state index contributed by atoms with van der Waals surface area (Å²) in [6.07, 6.45) is 0.812. The van der Waals surface area contributed by atoms with Crippen molar-refractivity contribution in [3.05, 3.63) is 77.1 Å². The number of hydrogen-bond donors (Lipinski definition) is 5. The van der Waals surface area contributed by atoms with Crippen LogP contribution in [-0.4, -0.2) is 74.6 Å². The summed E-state index contributed by atoms with van der Waals surface area (Å²) in [5, 5.41) is 29.6. The molecule has 5 N–H and O–H groups in total. The van der Waals surface area contributed by atoms with Gasteiger partial charge >= 0.3 is 0 Å². The van der Waals surface area contributed by atoms with E-state index in [2.05, 4.69) is 31.6 Å². The predicted molar refractivity (Wildman–Crippen MR) is 165 cm³/mol. The van der Waals surface area contributed by atoms with Gasteiger partial charge in [-0.3, -0.25) is 19.2 Å². The first-order chi connectivity index (χ1) is 21.5. The quantitative estimate of drug-likeness (QED) is 0.281. The zero-order valence-corrected chi connectivity index (χ0v) is 25.9. The summed E-state index contributed by atoms with van der Waals surface area (Å²) in [6, 6.07) is 10.7. The molecular weight excluding hydrogens is 578 g/mol. The molecule has 3 aromatic rings. The van der Waals surface area contributed by atoms with Gasteiger partial charge in [0.15, 0.2) is 0 Å². The van der Waals surface area contributed by atoms with Gasteiger partial charge in [-0.2, -0.15) is 0 Å². The van der Waals surface area contributed by atoms with Crippen molar-refractivity contribution in [2.75, 3.05) is 6.61 Å². The lowest BCUT2D eigenvalue weighted by Crippen LogP contribution is -2.60. The van der Waals surface area contributed by atoms with Gasteiger partial charge in [0.25, 0.3) is 5.91 Å². The second-order valence-electron chi connectivity index (χ2n) is 11.7. The Morgan fingerprint density at radius 3 is 2.42 bits per heavy atom. The molecule has 1 aliphatic rings. The van der Waals surface area contributed by atoms with Crippen molar-refractivity contribution in [2.24, 2.45) is 5.92 Å². The lowest BCUT2D eigenvalue weighted by molar-refractivity contribution is -0.135. The molecule has 0 unspecified atom stereocenters. The zero-order valence-electron chi connectivity index (χ0n) is 25.9. The minimum atomic E-state index is -1.40. The minimum Gasteiger partial charge on any atom is -0.491 e. The van der Waals surface area contributed by atoms with Gasteiger partial charge in [-0.05, 0) is 49.4 Å². The molecule has 45 heavy (non-hydrogen) atoms. The molecule has 0 spiro atoms. The summed E-state index contributed by atoms with van der Waals surface area (Å²) < 4.78 is 7.54. The van der Waals surface area contributed by atoms with Gasteiger partial charge in [-0.25, -0.2) is 4.68 Å². The summed E-state index contributed by atoms with van der Waals surface area (Å²) in [6.45, 7) is 7.69. The largest absolute Gasteiger partial charge is 0.491 e. The fraction of sp³-hybridized carbons (Fsp3) is 0.438. The number of benzene rings is 2. The molecule has 0 saturated carbocycles. The van der Waals surface area contributed by atoms with E-state index in [0.717, 1.165) is 11.1 Å². The fourth-order valence-electron chi connectivity index (χ4n) is 4.90. The van der Waals surface area contributed by atoms with Gasteiger partial charge in [0, 0.05) is 12.0 Å². The van der Waals surface area contributed by atoms with Crippen molar-refractivity contribution < 1.29 is 29.0 Å². The summed E-state index contributed by atoms with van der Waals surface area (Å²) in [5.41, 5.74) is 2.41. The molecule has 0 saturated heterocycles. The maximum atomic E-state index is 13.5. The Kier molecular flexibility index (Phi) is 11.3. The maximum Gasteiger partial charge on any atom is 0.252 e. The number of ether oxygens (including phenoxy) is 1. The first-order valence-electron chi connectivity index (χ1n) is 15.0. The number of hydrogen-bond acceptors (Lipinski definition) is 8. The van der Waals surface area contributed by atoms with Gasteiger partial charge in [-0.15, -0.1) is 5.10 Å². The normalized spacial score (nSPS) is 21.0. The molecule has 4 amide bonds. The van der Waals surface area contributed by atoms with Crippen LogP contribution in [-0.2, 0) is 33.9 Å². The number of aliphatic hydroxyl groups is 1. The number of fused-ring (bicyclic) bond motifs is 4. The molecule has 240 valence electrons. The summed E-state index contributed by atoms with van der Waals surface area (Å²) in [4.78, 5) is 53.7. The number of nitrogens with zero attached hydrogens (tertiary/aromatic N) is 3. The van der Waals surface area contributed by atoms with Crippen molar-refractivity contribution >= 4 is 23.6 Å². The van der Waals surface area contributed by atoms with Gasteiger partial charge in [0.1, 0.15) is 36.2 Å². The molecule has 4 rings (SSSR count). The highest BCUT2D eigenvalue weighted by Gasteiger charge is 2.33. The molecular formula is C32H41N7O6. The van der Waals surface area contributed by atoms with E-state index in [4.69, 9.17) is 4.74 Å². The van der Waals surface area contributed by atoms with Crippen LogP contribution in [0.4, 0.5) is 0 Å². The van der Waals surface area contributed by atoms with Crippen molar-refractivity contribution in [3.63, 3.8) is 0 Å². The van der Waals surface area contributed by atoms with Crippen molar-refractivity contribution in [1.29, 1.82) is 0 Å². The molecule has 4 bridgehead atoms. The average molecular weight is 620 g/mol. The first-order valence-corrected chi connectivity index (χ1v) is 15.0. The van der Waals surface area contributed by atoms with Crippen LogP contribution in [0.1, 0.15) is 54.4 Å². The van der Waals surface area contributed by atoms with Gasteiger partial charge in [0.05, 0.1) is 25.4 Å². The van der Waals surface area contributed by atoms with Gasteiger partial charge < -0.3 is 31.1 Å². The predicted octanol–water partition coefficient (Wildman–Crippen LogP) is 1.03. The lowest BCUT2D eigenvalue weighted by Gasteiger charge is -2.27. The molecule has 2 heterocycles. The number of aryl methyl sites for hydroxylation is 1. The molecule has 1 aliphatic heterocycles. The van der Waals surface area contributed by atoms with Gasteiger partial charge in [0.2, 0.25) is 17.7 Å². The number of aliphatic hydroxyl groups excluding tert-OH is 1. The molecule has 2 aromatic carbocycles.